The number of carboxylic acids is 1. The van der Waals surface area contributed by atoms with Crippen LogP contribution in [0.3, 0.4) is 0 Å². The molecule has 0 aliphatic rings. The fourth-order valence-electron chi connectivity index (χ4n) is 1.50. The van der Waals surface area contributed by atoms with E-state index in [0.717, 1.165) is 0 Å². The minimum atomic E-state index is -1.21. The van der Waals surface area contributed by atoms with Gasteiger partial charge in [-0.3, -0.25) is 0 Å². The lowest BCUT2D eigenvalue weighted by Gasteiger charge is -2.06. The Bertz CT molecular complexity index is 612. The van der Waals surface area contributed by atoms with E-state index in [-0.39, 0.29) is 5.82 Å². The standard InChI is InChI=1S/C11H9BrFN3O2/c1-2-9-14-10(11(17)18)15-16(9)8-5-6(13)3-4-7(8)12/h3-5H,2H2,1H3,(H,17,18). The number of nitrogens with zero attached hydrogens (tertiary/aromatic N) is 3. The van der Waals surface area contributed by atoms with Gasteiger partial charge in [0, 0.05) is 17.0 Å². The highest BCUT2D eigenvalue weighted by Gasteiger charge is 2.17. The number of hydrogen-bond donors (Lipinski definition) is 1. The highest BCUT2D eigenvalue weighted by atomic mass is 79.9. The van der Waals surface area contributed by atoms with E-state index in [1.807, 2.05) is 6.92 Å². The van der Waals surface area contributed by atoms with E-state index >= 15 is 0 Å². The number of halogens is 2. The number of carboxylic acid groups (broad SMARTS) is 1. The molecule has 1 N–H and O–H groups in total. The van der Waals surface area contributed by atoms with Crippen molar-refractivity contribution in [1.82, 2.24) is 14.8 Å². The van der Waals surface area contributed by atoms with Crippen molar-refractivity contribution in [3.8, 4) is 5.69 Å². The van der Waals surface area contributed by atoms with Crippen LogP contribution in [0, 0.1) is 5.82 Å². The minimum Gasteiger partial charge on any atom is -0.475 e. The van der Waals surface area contributed by atoms with Crippen LogP contribution >= 0.6 is 15.9 Å². The molecule has 0 bridgehead atoms. The van der Waals surface area contributed by atoms with Crippen LogP contribution in [0.5, 0.6) is 0 Å². The van der Waals surface area contributed by atoms with Crippen molar-refractivity contribution in [3.05, 3.63) is 40.1 Å². The summed E-state index contributed by atoms with van der Waals surface area (Å²) in [4.78, 5) is 14.7. The molecular weight excluding hydrogens is 305 g/mol. The molecule has 0 aliphatic heterocycles. The SMILES string of the molecule is CCc1nc(C(=O)O)nn1-c1cc(F)ccc1Br. The van der Waals surface area contributed by atoms with Crippen molar-refractivity contribution < 1.29 is 14.3 Å². The van der Waals surface area contributed by atoms with Gasteiger partial charge in [0.1, 0.15) is 11.6 Å². The Kier molecular flexibility index (Phi) is 3.42. The van der Waals surface area contributed by atoms with Gasteiger partial charge in [0.2, 0.25) is 0 Å². The number of carbonyl (C=O) groups is 1. The van der Waals surface area contributed by atoms with Crippen molar-refractivity contribution in [3.63, 3.8) is 0 Å². The van der Waals surface area contributed by atoms with E-state index < -0.39 is 11.8 Å². The lowest BCUT2D eigenvalue weighted by Crippen LogP contribution is -2.04. The molecule has 0 aliphatic carbocycles. The van der Waals surface area contributed by atoms with Crippen LogP contribution < -0.4 is 0 Å². The van der Waals surface area contributed by atoms with Gasteiger partial charge in [-0.05, 0) is 28.1 Å². The number of hydrogen-bond acceptors (Lipinski definition) is 3. The molecule has 0 saturated carbocycles. The van der Waals surface area contributed by atoms with E-state index in [9.17, 15) is 9.18 Å². The van der Waals surface area contributed by atoms with Gasteiger partial charge in [0.15, 0.2) is 0 Å². The largest absolute Gasteiger partial charge is 0.475 e. The van der Waals surface area contributed by atoms with Crippen molar-refractivity contribution in [2.75, 3.05) is 0 Å². The first-order chi connectivity index (χ1) is 8.52. The molecule has 94 valence electrons. The summed E-state index contributed by atoms with van der Waals surface area (Å²) in [6.07, 6.45) is 0.489. The summed E-state index contributed by atoms with van der Waals surface area (Å²) in [5.74, 6) is -1.49. The van der Waals surface area contributed by atoms with Gasteiger partial charge in [-0.2, -0.15) is 0 Å². The van der Waals surface area contributed by atoms with Gasteiger partial charge in [0.25, 0.3) is 5.82 Å². The van der Waals surface area contributed by atoms with E-state index in [0.29, 0.717) is 22.4 Å². The third kappa shape index (κ3) is 2.26. The van der Waals surface area contributed by atoms with Crippen LogP contribution in [0.25, 0.3) is 5.69 Å². The quantitative estimate of drug-likeness (QED) is 0.945. The van der Waals surface area contributed by atoms with Crippen LogP contribution in [-0.2, 0) is 6.42 Å². The second kappa shape index (κ2) is 4.85. The zero-order chi connectivity index (χ0) is 13.3. The molecule has 0 spiro atoms. The highest BCUT2D eigenvalue weighted by Crippen LogP contribution is 2.22. The van der Waals surface area contributed by atoms with Gasteiger partial charge in [-0.1, -0.05) is 6.92 Å². The number of aromatic carboxylic acids is 1. The summed E-state index contributed by atoms with van der Waals surface area (Å²) in [5, 5.41) is 12.7. The molecule has 5 nitrogen and oxygen atoms in total. The lowest BCUT2D eigenvalue weighted by atomic mass is 10.3. The van der Waals surface area contributed by atoms with E-state index in [2.05, 4.69) is 26.0 Å². The van der Waals surface area contributed by atoms with Crippen molar-refractivity contribution >= 4 is 21.9 Å². The summed E-state index contributed by atoms with van der Waals surface area (Å²) in [6.45, 7) is 1.82. The van der Waals surface area contributed by atoms with Crippen molar-refractivity contribution in [2.24, 2.45) is 0 Å². The summed E-state index contributed by atoms with van der Waals surface area (Å²) in [6, 6.07) is 4.10. The zero-order valence-corrected chi connectivity index (χ0v) is 11.0. The molecule has 2 rings (SSSR count). The monoisotopic (exact) mass is 313 g/mol. The van der Waals surface area contributed by atoms with Gasteiger partial charge < -0.3 is 5.11 Å². The Labute approximate surface area is 110 Å². The molecule has 1 aromatic carbocycles. The smallest absolute Gasteiger partial charge is 0.375 e. The van der Waals surface area contributed by atoms with Crippen LogP contribution in [0.15, 0.2) is 22.7 Å². The van der Waals surface area contributed by atoms with Gasteiger partial charge >= 0.3 is 5.97 Å². The van der Waals surface area contributed by atoms with Crippen molar-refractivity contribution in [2.45, 2.75) is 13.3 Å². The van der Waals surface area contributed by atoms with Crippen LogP contribution in [0.1, 0.15) is 23.4 Å². The molecule has 7 heteroatoms. The molecule has 0 saturated heterocycles. The first-order valence-corrected chi connectivity index (χ1v) is 5.97. The molecule has 1 heterocycles. The average Bonchev–Trinajstić information content (AvgIpc) is 2.76. The van der Waals surface area contributed by atoms with E-state index in [1.54, 1.807) is 0 Å². The van der Waals surface area contributed by atoms with Crippen LogP contribution in [0.2, 0.25) is 0 Å². The third-order valence-corrected chi connectivity index (χ3v) is 2.99. The Morgan fingerprint density at radius 2 is 2.28 bits per heavy atom. The summed E-state index contributed by atoms with van der Waals surface area (Å²) in [5.41, 5.74) is 0.423. The second-order valence-corrected chi connectivity index (χ2v) is 4.37. The third-order valence-electron chi connectivity index (χ3n) is 2.32. The molecule has 0 unspecified atom stereocenters. The average molecular weight is 314 g/mol. The second-order valence-electron chi connectivity index (χ2n) is 3.52. The molecule has 0 fully saturated rings. The maximum absolute atomic E-state index is 13.2. The summed E-state index contributed by atoms with van der Waals surface area (Å²) in [7, 11) is 0. The molecule has 0 radical (unpaired) electrons. The number of aryl methyl sites for hydroxylation is 1. The predicted molar refractivity (Wildman–Crippen MR) is 65.4 cm³/mol. The maximum atomic E-state index is 13.2. The minimum absolute atomic E-state index is 0.303. The first kappa shape index (κ1) is 12.7. The normalized spacial score (nSPS) is 10.6. The number of rotatable bonds is 3. The van der Waals surface area contributed by atoms with E-state index in [4.69, 9.17) is 5.11 Å². The zero-order valence-electron chi connectivity index (χ0n) is 9.39. The Balaban J connectivity index is 2.62. The van der Waals surface area contributed by atoms with Crippen LogP contribution in [0.4, 0.5) is 4.39 Å². The highest BCUT2D eigenvalue weighted by molar-refractivity contribution is 9.10. The Morgan fingerprint density at radius 1 is 1.56 bits per heavy atom. The molecule has 0 amide bonds. The molecule has 1 aromatic heterocycles. The van der Waals surface area contributed by atoms with Crippen LogP contribution in [-0.4, -0.2) is 25.8 Å². The molecule has 18 heavy (non-hydrogen) atoms. The fourth-order valence-corrected chi connectivity index (χ4v) is 1.92. The maximum Gasteiger partial charge on any atom is 0.375 e. The predicted octanol–water partition coefficient (Wildman–Crippen LogP) is 2.43. The van der Waals surface area contributed by atoms with Gasteiger partial charge in [-0.15, -0.1) is 5.10 Å². The fraction of sp³-hybridized carbons (Fsp3) is 0.182. The molecular formula is C11H9BrFN3O2. The van der Waals surface area contributed by atoms with Gasteiger partial charge in [-0.25, -0.2) is 18.9 Å². The van der Waals surface area contributed by atoms with Crippen molar-refractivity contribution in [1.29, 1.82) is 0 Å². The molecule has 0 atom stereocenters. The van der Waals surface area contributed by atoms with E-state index in [1.165, 1.54) is 22.9 Å². The summed E-state index contributed by atoms with van der Waals surface area (Å²) < 4.78 is 15.2. The topological polar surface area (TPSA) is 68.0 Å². The Morgan fingerprint density at radius 3 is 2.89 bits per heavy atom. The molecule has 2 aromatic rings. The lowest BCUT2D eigenvalue weighted by molar-refractivity contribution is 0.0683. The summed E-state index contributed by atoms with van der Waals surface area (Å²) >= 11 is 3.27. The Hall–Kier alpha value is -1.76. The van der Waals surface area contributed by atoms with Gasteiger partial charge in [0.05, 0.1) is 5.69 Å². The number of aromatic nitrogens is 3. The first-order valence-electron chi connectivity index (χ1n) is 5.17. The number of benzene rings is 1.